The van der Waals surface area contributed by atoms with Crippen LogP contribution < -0.4 is 0 Å². The summed E-state index contributed by atoms with van der Waals surface area (Å²) in [6.45, 7) is 2.26. The fourth-order valence-corrected chi connectivity index (χ4v) is 2.92. The monoisotopic (exact) mass is 261 g/mol. The third-order valence-corrected chi connectivity index (χ3v) is 4.12. The molecule has 1 aliphatic carbocycles. The van der Waals surface area contributed by atoms with Crippen LogP contribution in [-0.2, 0) is 11.2 Å². The van der Waals surface area contributed by atoms with Gasteiger partial charge in [-0.1, -0.05) is 31.9 Å². The Morgan fingerprint density at radius 2 is 2.21 bits per heavy atom. The molecule has 104 valence electrons. The number of amides is 1. The second-order valence-electron chi connectivity index (χ2n) is 5.78. The molecule has 1 fully saturated rings. The highest BCUT2D eigenvalue weighted by Gasteiger charge is 2.25. The molecule has 0 radical (unpaired) electrons. The van der Waals surface area contributed by atoms with E-state index in [1.165, 1.54) is 12.8 Å². The third-order valence-electron chi connectivity index (χ3n) is 4.12. The van der Waals surface area contributed by atoms with E-state index in [1.54, 1.807) is 18.2 Å². The summed E-state index contributed by atoms with van der Waals surface area (Å²) in [6, 6.07) is 7.33. The molecule has 0 heterocycles. The first-order chi connectivity index (χ1) is 9.06. The lowest BCUT2D eigenvalue weighted by Gasteiger charge is -2.34. The molecule has 19 heavy (non-hydrogen) atoms. The summed E-state index contributed by atoms with van der Waals surface area (Å²) in [6.07, 6.45) is 5.10. The standard InChI is InChI=1S/C16H23NO2/c1-12-5-3-7-14(9-12)17(2)16(19)11-13-6-4-8-15(18)10-13/h4,6,8,10,12,14,18H,3,5,7,9,11H2,1-2H3. The van der Waals surface area contributed by atoms with Gasteiger partial charge in [-0.05, 0) is 36.5 Å². The molecule has 1 amide bonds. The first-order valence-electron chi connectivity index (χ1n) is 7.10. The Balaban J connectivity index is 1.95. The van der Waals surface area contributed by atoms with E-state index >= 15 is 0 Å². The van der Waals surface area contributed by atoms with Crippen LogP contribution >= 0.6 is 0 Å². The predicted octanol–water partition coefficient (Wildman–Crippen LogP) is 2.97. The number of nitrogens with zero attached hydrogens (tertiary/aromatic N) is 1. The molecule has 1 N–H and O–H groups in total. The smallest absolute Gasteiger partial charge is 0.226 e. The van der Waals surface area contributed by atoms with Gasteiger partial charge in [0.25, 0.3) is 0 Å². The number of hydrogen-bond acceptors (Lipinski definition) is 2. The summed E-state index contributed by atoms with van der Waals surface area (Å²) in [5.74, 6) is 1.08. The van der Waals surface area contributed by atoms with Crippen LogP contribution in [0.4, 0.5) is 0 Å². The Morgan fingerprint density at radius 3 is 2.89 bits per heavy atom. The lowest BCUT2D eigenvalue weighted by Crippen LogP contribution is -2.40. The van der Waals surface area contributed by atoms with Gasteiger partial charge in [0.15, 0.2) is 0 Å². The highest BCUT2D eigenvalue weighted by Crippen LogP contribution is 2.27. The van der Waals surface area contributed by atoms with Crippen LogP contribution in [-0.4, -0.2) is 29.0 Å². The molecule has 1 aliphatic rings. The molecular weight excluding hydrogens is 238 g/mol. The molecule has 2 unspecified atom stereocenters. The Hall–Kier alpha value is -1.51. The first-order valence-corrected chi connectivity index (χ1v) is 7.10. The second kappa shape index (κ2) is 6.09. The molecule has 0 aliphatic heterocycles. The van der Waals surface area contributed by atoms with Gasteiger partial charge < -0.3 is 10.0 Å². The van der Waals surface area contributed by atoms with Crippen molar-refractivity contribution in [1.29, 1.82) is 0 Å². The van der Waals surface area contributed by atoms with Gasteiger partial charge in [0.1, 0.15) is 5.75 Å². The van der Waals surface area contributed by atoms with Crippen LogP contribution in [0.1, 0.15) is 38.2 Å². The molecule has 1 aromatic carbocycles. The number of aromatic hydroxyl groups is 1. The zero-order valence-electron chi connectivity index (χ0n) is 11.8. The summed E-state index contributed by atoms with van der Waals surface area (Å²) >= 11 is 0. The van der Waals surface area contributed by atoms with Crippen molar-refractivity contribution in [3.63, 3.8) is 0 Å². The zero-order valence-corrected chi connectivity index (χ0v) is 11.8. The summed E-state index contributed by atoms with van der Waals surface area (Å²) in [7, 11) is 1.91. The molecule has 0 bridgehead atoms. The first kappa shape index (κ1) is 13.9. The summed E-state index contributed by atoms with van der Waals surface area (Å²) in [5, 5.41) is 9.42. The van der Waals surface area contributed by atoms with Crippen molar-refractivity contribution in [3.8, 4) is 5.75 Å². The number of phenolic OH excluding ortho intramolecular Hbond substituents is 1. The normalized spacial score (nSPS) is 23.1. The number of hydrogen-bond donors (Lipinski definition) is 1. The van der Waals surface area contributed by atoms with Crippen molar-refractivity contribution in [2.24, 2.45) is 5.92 Å². The molecule has 0 saturated heterocycles. The third kappa shape index (κ3) is 3.72. The van der Waals surface area contributed by atoms with Crippen molar-refractivity contribution < 1.29 is 9.90 Å². The summed E-state index contributed by atoms with van der Waals surface area (Å²) < 4.78 is 0. The Bertz CT molecular complexity index is 444. The van der Waals surface area contributed by atoms with Gasteiger partial charge in [-0.3, -0.25) is 4.79 Å². The van der Waals surface area contributed by atoms with E-state index in [0.29, 0.717) is 12.5 Å². The Labute approximate surface area is 115 Å². The molecule has 1 aromatic rings. The molecule has 3 heteroatoms. The van der Waals surface area contributed by atoms with Gasteiger partial charge in [0.05, 0.1) is 6.42 Å². The van der Waals surface area contributed by atoms with E-state index in [9.17, 15) is 9.90 Å². The maximum atomic E-state index is 12.3. The quantitative estimate of drug-likeness (QED) is 0.908. The maximum absolute atomic E-state index is 12.3. The number of carbonyl (C=O) groups excluding carboxylic acids is 1. The molecule has 3 nitrogen and oxygen atoms in total. The minimum Gasteiger partial charge on any atom is -0.508 e. The number of carbonyl (C=O) groups is 1. The maximum Gasteiger partial charge on any atom is 0.226 e. The van der Waals surface area contributed by atoms with Crippen molar-refractivity contribution >= 4 is 5.91 Å². The van der Waals surface area contributed by atoms with Crippen LogP contribution in [0.5, 0.6) is 5.75 Å². The highest BCUT2D eigenvalue weighted by molar-refractivity contribution is 5.79. The fraction of sp³-hybridized carbons (Fsp3) is 0.562. The predicted molar refractivity (Wildman–Crippen MR) is 76.0 cm³/mol. The molecular formula is C16H23NO2. The van der Waals surface area contributed by atoms with E-state index in [2.05, 4.69) is 6.92 Å². The van der Waals surface area contributed by atoms with Gasteiger partial charge in [-0.2, -0.15) is 0 Å². The average Bonchev–Trinajstić information content (AvgIpc) is 2.38. The van der Waals surface area contributed by atoms with E-state index in [0.717, 1.165) is 24.3 Å². The topological polar surface area (TPSA) is 40.5 Å². The molecule has 0 spiro atoms. The summed E-state index contributed by atoms with van der Waals surface area (Å²) in [5.41, 5.74) is 0.876. The van der Waals surface area contributed by atoms with E-state index < -0.39 is 0 Å². The molecule has 2 rings (SSSR count). The van der Waals surface area contributed by atoms with Crippen LogP contribution in [0.25, 0.3) is 0 Å². The van der Waals surface area contributed by atoms with Gasteiger partial charge in [-0.15, -0.1) is 0 Å². The van der Waals surface area contributed by atoms with Crippen LogP contribution in [0, 0.1) is 5.92 Å². The Morgan fingerprint density at radius 1 is 1.42 bits per heavy atom. The van der Waals surface area contributed by atoms with Crippen LogP contribution in [0.3, 0.4) is 0 Å². The van der Waals surface area contributed by atoms with Gasteiger partial charge in [-0.25, -0.2) is 0 Å². The Kier molecular flexibility index (Phi) is 4.46. The van der Waals surface area contributed by atoms with Gasteiger partial charge in [0, 0.05) is 13.1 Å². The SMILES string of the molecule is CC1CCCC(N(C)C(=O)Cc2cccc(O)c2)C1. The van der Waals surface area contributed by atoms with Crippen LogP contribution in [0.15, 0.2) is 24.3 Å². The van der Waals surface area contributed by atoms with Crippen molar-refractivity contribution in [2.75, 3.05) is 7.05 Å². The largest absolute Gasteiger partial charge is 0.508 e. The van der Waals surface area contributed by atoms with Crippen molar-refractivity contribution in [1.82, 2.24) is 4.90 Å². The fourth-order valence-electron chi connectivity index (χ4n) is 2.92. The lowest BCUT2D eigenvalue weighted by molar-refractivity contribution is -0.132. The van der Waals surface area contributed by atoms with E-state index in [-0.39, 0.29) is 11.7 Å². The van der Waals surface area contributed by atoms with Crippen LogP contribution in [0.2, 0.25) is 0 Å². The number of phenols is 1. The van der Waals surface area contributed by atoms with Gasteiger partial charge in [0.2, 0.25) is 5.91 Å². The van der Waals surface area contributed by atoms with E-state index in [1.807, 2.05) is 18.0 Å². The second-order valence-corrected chi connectivity index (χ2v) is 5.78. The minimum atomic E-state index is 0.143. The molecule has 2 atom stereocenters. The summed E-state index contributed by atoms with van der Waals surface area (Å²) in [4.78, 5) is 14.2. The molecule has 0 aromatic heterocycles. The number of benzene rings is 1. The van der Waals surface area contributed by atoms with Crippen molar-refractivity contribution in [3.05, 3.63) is 29.8 Å². The average molecular weight is 261 g/mol. The number of rotatable bonds is 3. The minimum absolute atomic E-state index is 0.143. The van der Waals surface area contributed by atoms with Crippen molar-refractivity contribution in [2.45, 2.75) is 45.1 Å². The van der Waals surface area contributed by atoms with Gasteiger partial charge >= 0.3 is 0 Å². The molecule has 1 saturated carbocycles. The lowest BCUT2D eigenvalue weighted by atomic mass is 9.86. The highest BCUT2D eigenvalue weighted by atomic mass is 16.3. The van der Waals surface area contributed by atoms with E-state index in [4.69, 9.17) is 0 Å². The zero-order chi connectivity index (χ0) is 13.8. The number of likely N-dealkylation sites (N-methyl/N-ethyl adjacent to an activating group) is 1.